The molecule has 2 aromatic rings. The second-order valence-electron chi connectivity index (χ2n) is 1.82. The molecule has 0 bridgehead atoms. The van der Waals surface area contributed by atoms with E-state index in [2.05, 4.69) is 4.98 Å². The smallest absolute Gasteiger partial charge is 0.443 e. The molecule has 2 rings (SSSR count). The van der Waals surface area contributed by atoms with Crippen molar-refractivity contribution in [3.63, 3.8) is 0 Å². The first-order valence-corrected chi connectivity index (χ1v) is 2.75. The van der Waals surface area contributed by atoms with Gasteiger partial charge in [-0.15, -0.1) is 0 Å². The normalized spacial score (nSPS) is 9.20. The molecule has 0 unspecified atom stereocenters. The van der Waals surface area contributed by atoms with Crippen molar-refractivity contribution in [3.05, 3.63) is 30.7 Å². The number of nitrogens with zero attached hydrogens (tertiary/aromatic N) is 1. The molecule has 2 nitrogen and oxygen atoms in total. The van der Waals surface area contributed by atoms with Crippen LogP contribution in [0.4, 0.5) is 0 Å². The van der Waals surface area contributed by atoms with Gasteiger partial charge in [0.25, 0.3) is 0 Å². The first kappa shape index (κ1) is 7.42. The van der Waals surface area contributed by atoms with Crippen molar-refractivity contribution in [2.45, 2.75) is 0 Å². The van der Waals surface area contributed by atoms with Crippen molar-refractivity contribution in [2.24, 2.45) is 0 Å². The van der Waals surface area contributed by atoms with Gasteiger partial charge in [-0.1, -0.05) is 12.1 Å². The molecule has 1 heterocycles. The van der Waals surface area contributed by atoms with Crippen LogP contribution in [0.2, 0.25) is 0 Å². The van der Waals surface area contributed by atoms with E-state index < -0.39 is 0 Å². The van der Waals surface area contributed by atoms with Crippen molar-refractivity contribution in [2.75, 3.05) is 0 Å². The van der Waals surface area contributed by atoms with E-state index in [1.807, 2.05) is 24.3 Å². The van der Waals surface area contributed by atoms with E-state index in [0.29, 0.717) is 0 Å². The van der Waals surface area contributed by atoms with E-state index in [0.717, 1.165) is 11.1 Å². The summed E-state index contributed by atoms with van der Waals surface area (Å²) >= 11 is 0. The minimum atomic E-state index is 0. The predicted molar refractivity (Wildman–Crippen MR) is 34.0 cm³/mol. The Morgan fingerprint density at radius 3 is 2.80 bits per heavy atom. The van der Waals surface area contributed by atoms with E-state index in [4.69, 9.17) is 4.42 Å². The summed E-state index contributed by atoms with van der Waals surface area (Å²) in [6, 6.07) is 7.67. The van der Waals surface area contributed by atoms with E-state index in [9.17, 15) is 0 Å². The third-order valence-electron chi connectivity index (χ3n) is 1.24. The molecule has 0 spiro atoms. The van der Waals surface area contributed by atoms with E-state index in [1.54, 1.807) is 0 Å². The number of para-hydroxylation sites is 2. The molecule has 10 heavy (non-hydrogen) atoms. The van der Waals surface area contributed by atoms with Crippen molar-refractivity contribution in [1.29, 1.82) is 0 Å². The third kappa shape index (κ3) is 1.10. The molecule has 1 aromatic heterocycles. The molecule has 0 saturated heterocycles. The van der Waals surface area contributed by atoms with Gasteiger partial charge in [-0.05, 0) is 12.1 Å². The van der Waals surface area contributed by atoms with Gasteiger partial charge in [0.15, 0.2) is 12.0 Å². The van der Waals surface area contributed by atoms with Gasteiger partial charge in [0.2, 0.25) is 0 Å². The van der Waals surface area contributed by atoms with Gasteiger partial charge in [0.1, 0.15) is 5.52 Å². The van der Waals surface area contributed by atoms with Crippen LogP contribution in [-0.2, 0) is 19.5 Å². The van der Waals surface area contributed by atoms with Crippen molar-refractivity contribution in [1.82, 2.24) is 4.98 Å². The Balaban J connectivity index is 0.000000500. The van der Waals surface area contributed by atoms with Crippen molar-refractivity contribution < 1.29 is 23.9 Å². The number of hydrogen-bond acceptors (Lipinski definition) is 2. The van der Waals surface area contributed by atoms with Crippen LogP contribution in [0.5, 0.6) is 0 Å². The first-order chi connectivity index (χ1) is 4.47. The Bertz CT molecular complexity index is 288. The van der Waals surface area contributed by atoms with Crippen LogP contribution >= 0.6 is 0 Å². The van der Waals surface area contributed by atoms with Crippen molar-refractivity contribution >= 4 is 11.1 Å². The number of benzene rings is 1. The average Bonchev–Trinajstić information content (AvgIpc) is 2.33. The zero-order valence-corrected chi connectivity index (χ0v) is 8.42. The van der Waals surface area contributed by atoms with E-state index >= 15 is 0 Å². The Labute approximate surface area is 71.0 Å². The van der Waals surface area contributed by atoms with E-state index in [1.165, 1.54) is 6.39 Å². The molecule has 0 radical (unpaired) electrons. The summed E-state index contributed by atoms with van der Waals surface area (Å²) in [6.07, 6.45) is 1.45. The standard InChI is InChI=1S/C7H5NO.Zn/c1-2-4-7-6(3-1)8-5-9-7;/h1-5H;/q;+2. The largest absolute Gasteiger partial charge is 2.00 e. The second kappa shape index (κ2) is 2.93. The maximum atomic E-state index is 5.01. The average molecular weight is 185 g/mol. The summed E-state index contributed by atoms with van der Waals surface area (Å²) in [7, 11) is 0. The van der Waals surface area contributed by atoms with Gasteiger partial charge < -0.3 is 4.42 Å². The zero-order valence-electron chi connectivity index (χ0n) is 5.45. The molecule has 3 heteroatoms. The van der Waals surface area contributed by atoms with Crippen molar-refractivity contribution in [3.8, 4) is 0 Å². The summed E-state index contributed by atoms with van der Waals surface area (Å²) in [5.74, 6) is 0. The van der Waals surface area contributed by atoms with Gasteiger partial charge in [0.05, 0.1) is 0 Å². The van der Waals surface area contributed by atoms with Gasteiger partial charge in [0, 0.05) is 0 Å². The van der Waals surface area contributed by atoms with Crippen LogP contribution in [0.15, 0.2) is 35.1 Å². The molecule has 44 valence electrons. The number of fused-ring (bicyclic) bond motifs is 1. The maximum Gasteiger partial charge on any atom is 2.00 e. The molecule has 1 aromatic carbocycles. The predicted octanol–water partition coefficient (Wildman–Crippen LogP) is 1.83. The van der Waals surface area contributed by atoms with Gasteiger partial charge in [-0.25, -0.2) is 4.98 Å². The van der Waals surface area contributed by atoms with Crippen LogP contribution in [0.1, 0.15) is 0 Å². The van der Waals surface area contributed by atoms with Crippen LogP contribution in [0.3, 0.4) is 0 Å². The molecule has 0 fully saturated rings. The second-order valence-corrected chi connectivity index (χ2v) is 1.82. The van der Waals surface area contributed by atoms with Crippen LogP contribution in [-0.4, -0.2) is 4.98 Å². The summed E-state index contributed by atoms with van der Waals surface area (Å²) < 4.78 is 5.01. The fourth-order valence-corrected chi connectivity index (χ4v) is 0.803. The first-order valence-electron chi connectivity index (χ1n) is 2.75. The quantitative estimate of drug-likeness (QED) is 0.584. The number of rotatable bonds is 0. The molecule has 0 aliphatic rings. The molecule has 0 atom stereocenters. The van der Waals surface area contributed by atoms with Crippen LogP contribution in [0.25, 0.3) is 11.1 Å². The third-order valence-corrected chi connectivity index (χ3v) is 1.24. The monoisotopic (exact) mass is 183 g/mol. The molecule has 0 aliphatic carbocycles. The van der Waals surface area contributed by atoms with Crippen LogP contribution in [0, 0.1) is 0 Å². The minimum Gasteiger partial charge on any atom is -0.443 e. The number of hydrogen-bond donors (Lipinski definition) is 0. The summed E-state index contributed by atoms with van der Waals surface area (Å²) in [4.78, 5) is 3.95. The Kier molecular flexibility index (Phi) is 2.18. The van der Waals surface area contributed by atoms with Gasteiger partial charge in [-0.3, -0.25) is 0 Å². The Morgan fingerprint density at radius 1 is 1.20 bits per heavy atom. The molecular weight excluding hydrogens is 179 g/mol. The Morgan fingerprint density at radius 2 is 2.00 bits per heavy atom. The molecule has 0 aliphatic heterocycles. The molecule has 0 amide bonds. The number of oxazole rings is 1. The fraction of sp³-hybridized carbons (Fsp3) is 0. The topological polar surface area (TPSA) is 26.0 Å². The molecule has 0 N–H and O–H groups in total. The fourth-order valence-electron chi connectivity index (χ4n) is 0.803. The Hall–Kier alpha value is -0.687. The van der Waals surface area contributed by atoms with E-state index in [-0.39, 0.29) is 19.5 Å². The molecular formula is C7H5NOZn+2. The summed E-state index contributed by atoms with van der Waals surface area (Å²) in [6.45, 7) is 0. The molecule has 0 saturated carbocycles. The van der Waals surface area contributed by atoms with Gasteiger partial charge >= 0.3 is 19.5 Å². The summed E-state index contributed by atoms with van der Waals surface area (Å²) in [5, 5.41) is 0. The number of aromatic nitrogens is 1. The maximum absolute atomic E-state index is 5.01. The SMILES string of the molecule is [Zn+2].c1ccc2ocnc2c1. The summed E-state index contributed by atoms with van der Waals surface area (Å²) in [5.41, 5.74) is 1.76. The van der Waals surface area contributed by atoms with Gasteiger partial charge in [-0.2, -0.15) is 0 Å². The van der Waals surface area contributed by atoms with Crippen LogP contribution < -0.4 is 0 Å². The minimum absolute atomic E-state index is 0. The zero-order chi connectivity index (χ0) is 6.10.